The molecular weight excluding hydrogens is 430 g/mol. The van der Waals surface area contributed by atoms with E-state index in [1.54, 1.807) is 39.8 Å². The van der Waals surface area contributed by atoms with Crippen LogP contribution >= 0.6 is 0 Å². The van der Waals surface area contributed by atoms with Crippen LogP contribution in [0, 0.1) is 6.92 Å². The van der Waals surface area contributed by atoms with Crippen molar-refractivity contribution in [2.24, 2.45) is 0 Å². The molecule has 0 spiro atoms. The third-order valence-electron chi connectivity index (χ3n) is 5.39. The van der Waals surface area contributed by atoms with Gasteiger partial charge in [-0.25, -0.2) is 13.2 Å². The number of benzene rings is 2. The average molecular weight is 458 g/mol. The van der Waals surface area contributed by atoms with Gasteiger partial charge < -0.3 is 9.26 Å². The van der Waals surface area contributed by atoms with Crippen molar-refractivity contribution in [2.45, 2.75) is 52.3 Å². The Morgan fingerprint density at radius 2 is 1.88 bits per heavy atom. The van der Waals surface area contributed by atoms with Crippen molar-refractivity contribution < 1.29 is 17.7 Å². The molecule has 2 heterocycles. The Kier molecular flexibility index (Phi) is 5.40. The molecule has 0 amide bonds. The maximum absolute atomic E-state index is 13.5. The first kappa shape index (κ1) is 22.1. The summed E-state index contributed by atoms with van der Waals surface area (Å²) in [6.45, 7) is 9.34. The summed E-state index contributed by atoms with van der Waals surface area (Å²) in [5, 5.41) is 4.71. The lowest BCUT2D eigenvalue weighted by Crippen LogP contribution is -2.40. The van der Waals surface area contributed by atoms with Gasteiger partial charge in [0.05, 0.1) is 34.6 Å². The van der Waals surface area contributed by atoms with Gasteiger partial charge in [-0.2, -0.15) is 3.97 Å². The van der Waals surface area contributed by atoms with Gasteiger partial charge in [0.1, 0.15) is 5.75 Å². The first-order valence-corrected chi connectivity index (χ1v) is 12.0. The lowest BCUT2D eigenvalue weighted by atomic mass is 10.2. The molecule has 0 bridgehead atoms. The van der Waals surface area contributed by atoms with Crippen molar-refractivity contribution >= 4 is 32.0 Å². The summed E-state index contributed by atoms with van der Waals surface area (Å²) < 4.78 is 38.9. The minimum absolute atomic E-state index is 0.196. The van der Waals surface area contributed by atoms with Gasteiger partial charge >= 0.3 is 5.69 Å². The lowest BCUT2D eigenvalue weighted by Gasteiger charge is -2.19. The van der Waals surface area contributed by atoms with Crippen LogP contribution in [0.3, 0.4) is 0 Å². The summed E-state index contributed by atoms with van der Waals surface area (Å²) in [5.74, 6) is 0.709. The second kappa shape index (κ2) is 7.81. The van der Waals surface area contributed by atoms with Gasteiger partial charge in [-0.3, -0.25) is 4.57 Å². The second-order valence-corrected chi connectivity index (χ2v) is 11.4. The van der Waals surface area contributed by atoms with Gasteiger partial charge in [0.15, 0.2) is 5.58 Å². The van der Waals surface area contributed by atoms with E-state index in [-0.39, 0.29) is 12.1 Å². The van der Waals surface area contributed by atoms with E-state index in [0.717, 1.165) is 21.3 Å². The highest BCUT2D eigenvalue weighted by Gasteiger charge is 2.35. The predicted octanol–water partition coefficient (Wildman–Crippen LogP) is 4.07. The summed E-state index contributed by atoms with van der Waals surface area (Å²) in [6.07, 6.45) is 0.885. The summed E-state index contributed by atoms with van der Waals surface area (Å²) in [4.78, 5) is 13.5. The van der Waals surface area contributed by atoms with Gasteiger partial charge in [0.2, 0.25) is 10.0 Å². The number of hydrogen-bond donors (Lipinski definition) is 0. The zero-order chi connectivity index (χ0) is 23.3. The Morgan fingerprint density at radius 1 is 1.12 bits per heavy atom. The quantitative estimate of drug-likeness (QED) is 0.433. The molecule has 2 aromatic heterocycles. The van der Waals surface area contributed by atoms with Crippen LogP contribution in [0.4, 0.5) is 0 Å². The van der Waals surface area contributed by atoms with E-state index in [1.165, 1.54) is 4.57 Å². The fourth-order valence-electron chi connectivity index (χ4n) is 3.57. The highest BCUT2D eigenvalue weighted by atomic mass is 32.2. The Labute approximate surface area is 186 Å². The Balaban J connectivity index is 1.96. The van der Waals surface area contributed by atoms with Gasteiger partial charge in [-0.05, 0) is 57.9 Å². The van der Waals surface area contributed by atoms with Crippen molar-refractivity contribution in [1.29, 1.82) is 0 Å². The van der Waals surface area contributed by atoms with E-state index in [2.05, 4.69) is 5.16 Å². The minimum Gasteiger partial charge on any atom is -0.494 e. The van der Waals surface area contributed by atoms with Crippen LogP contribution in [-0.4, -0.2) is 33.5 Å². The molecule has 0 aliphatic heterocycles. The molecule has 170 valence electrons. The second-order valence-electron chi connectivity index (χ2n) is 8.85. The molecule has 32 heavy (non-hydrogen) atoms. The first-order chi connectivity index (χ1) is 15.0. The normalized spacial score (nSPS) is 12.7. The van der Waals surface area contributed by atoms with Crippen LogP contribution in [0.15, 0.2) is 45.7 Å². The zero-order valence-corrected chi connectivity index (χ0v) is 19.7. The molecule has 0 N–H and O–H groups in total. The molecular formula is C23H27N3O5S. The molecule has 0 unspecified atom stereocenters. The third kappa shape index (κ3) is 3.60. The summed E-state index contributed by atoms with van der Waals surface area (Å²) >= 11 is 0. The van der Waals surface area contributed by atoms with E-state index in [9.17, 15) is 13.2 Å². The molecule has 0 aliphatic carbocycles. The van der Waals surface area contributed by atoms with E-state index in [0.29, 0.717) is 29.2 Å². The van der Waals surface area contributed by atoms with Gasteiger partial charge in [0, 0.05) is 11.5 Å². The van der Waals surface area contributed by atoms with Crippen LogP contribution < -0.4 is 10.4 Å². The average Bonchev–Trinajstić information content (AvgIpc) is 3.22. The van der Waals surface area contributed by atoms with Gasteiger partial charge in [-0.1, -0.05) is 24.2 Å². The predicted molar refractivity (Wildman–Crippen MR) is 124 cm³/mol. The van der Waals surface area contributed by atoms with Crippen molar-refractivity contribution in [3.63, 3.8) is 0 Å². The molecule has 8 nitrogen and oxygen atoms in total. The van der Waals surface area contributed by atoms with E-state index >= 15 is 0 Å². The minimum atomic E-state index is -3.99. The number of aromatic nitrogens is 3. The Morgan fingerprint density at radius 3 is 2.56 bits per heavy atom. The molecule has 0 saturated heterocycles. The van der Waals surface area contributed by atoms with E-state index in [1.807, 2.05) is 31.2 Å². The topological polar surface area (TPSA) is 96.3 Å². The third-order valence-corrected chi connectivity index (χ3v) is 7.77. The highest BCUT2D eigenvalue weighted by molar-refractivity contribution is 7.91. The molecule has 0 atom stereocenters. The summed E-state index contributed by atoms with van der Waals surface area (Å²) in [5.41, 5.74) is 2.08. The van der Waals surface area contributed by atoms with Crippen LogP contribution in [0.25, 0.3) is 22.0 Å². The van der Waals surface area contributed by atoms with Crippen molar-refractivity contribution in [1.82, 2.24) is 13.7 Å². The fraction of sp³-hybridized carbons (Fsp3) is 0.391. The standard InChI is InChI=1S/C23H27N3O5S/c1-6-10-30-17-9-7-8-16(11-17)14-25-19-12-18-15(2)24-31-21(18)13-20(19)26(22(25)27)32(28,29)23(3,4)5/h7-9,11-13H,6,10,14H2,1-5H3. The zero-order valence-electron chi connectivity index (χ0n) is 18.9. The van der Waals surface area contributed by atoms with E-state index in [4.69, 9.17) is 9.26 Å². The summed E-state index contributed by atoms with van der Waals surface area (Å²) in [6, 6.07) is 10.8. The molecule has 0 saturated carbocycles. The Bertz CT molecular complexity index is 1470. The number of nitrogens with zero attached hydrogens (tertiary/aromatic N) is 3. The Hall–Kier alpha value is -3.07. The molecule has 0 radical (unpaired) electrons. The smallest absolute Gasteiger partial charge is 0.343 e. The highest BCUT2D eigenvalue weighted by Crippen LogP contribution is 2.28. The number of rotatable bonds is 6. The molecule has 4 aromatic rings. The molecule has 0 aliphatic rings. The number of hydrogen-bond acceptors (Lipinski definition) is 6. The van der Waals surface area contributed by atoms with Crippen molar-refractivity contribution in [2.75, 3.05) is 6.61 Å². The van der Waals surface area contributed by atoms with Crippen LogP contribution in [0.2, 0.25) is 0 Å². The van der Waals surface area contributed by atoms with Gasteiger partial charge in [-0.15, -0.1) is 0 Å². The van der Waals surface area contributed by atoms with Gasteiger partial charge in [0.25, 0.3) is 0 Å². The molecule has 0 fully saturated rings. The van der Waals surface area contributed by atoms with E-state index < -0.39 is 20.5 Å². The SMILES string of the molecule is CCCOc1cccc(Cn2c(=O)n(S(=O)(=O)C(C)(C)C)c3cc4onc(C)c4cc32)c1. The van der Waals surface area contributed by atoms with Crippen LogP contribution in [0.5, 0.6) is 5.75 Å². The molecule has 4 rings (SSSR count). The van der Waals surface area contributed by atoms with Crippen molar-refractivity contribution in [3.05, 3.63) is 58.1 Å². The summed E-state index contributed by atoms with van der Waals surface area (Å²) in [7, 11) is -3.99. The lowest BCUT2D eigenvalue weighted by molar-refractivity contribution is 0.317. The maximum Gasteiger partial charge on any atom is 0.343 e. The molecule has 9 heteroatoms. The maximum atomic E-state index is 13.5. The van der Waals surface area contributed by atoms with Crippen molar-refractivity contribution in [3.8, 4) is 5.75 Å². The number of imidazole rings is 1. The monoisotopic (exact) mass is 457 g/mol. The number of aryl methyl sites for hydroxylation is 1. The number of fused-ring (bicyclic) bond motifs is 2. The largest absolute Gasteiger partial charge is 0.494 e. The first-order valence-electron chi connectivity index (χ1n) is 10.5. The number of ether oxygens (including phenoxy) is 1. The van der Waals surface area contributed by atoms with Crippen LogP contribution in [0.1, 0.15) is 45.4 Å². The molecule has 2 aromatic carbocycles. The fourth-order valence-corrected chi connectivity index (χ4v) is 4.83. The van der Waals surface area contributed by atoms with Crippen LogP contribution in [-0.2, 0) is 16.6 Å².